The molecule has 1 amide bonds. The highest BCUT2D eigenvalue weighted by Gasteiger charge is 2.62. The second-order valence-electron chi connectivity index (χ2n) is 14.9. The van der Waals surface area contributed by atoms with E-state index in [4.69, 9.17) is 0 Å². The minimum atomic E-state index is -0.0746. The predicted molar refractivity (Wildman–Crippen MR) is 122 cm³/mol. The van der Waals surface area contributed by atoms with E-state index < -0.39 is 0 Å². The highest BCUT2D eigenvalue weighted by atomic mass is 16.2. The Morgan fingerprint density at radius 1 is 0.759 bits per heavy atom. The molecule has 5 aliphatic carbocycles. The quantitative estimate of drug-likeness (QED) is 0.531. The number of nitrogens with one attached hydrogen (secondary N) is 1. The molecule has 166 valence electrons. The van der Waals surface area contributed by atoms with Crippen LogP contribution < -0.4 is 5.32 Å². The molecule has 0 spiro atoms. The first-order valence-electron chi connectivity index (χ1n) is 12.4. The van der Waals surface area contributed by atoms with Crippen LogP contribution in [0.1, 0.15) is 113 Å². The van der Waals surface area contributed by atoms with E-state index in [-0.39, 0.29) is 5.41 Å². The summed E-state index contributed by atoms with van der Waals surface area (Å²) in [6.07, 6.45) is 11.1. The van der Waals surface area contributed by atoms with Gasteiger partial charge in [-0.1, -0.05) is 55.4 Å². The molecule has 4 atom stereocenters. The van der Waals surface area contributed by atoms with Crippen molar-refractivity contribution < 1.29 is 4.79 Å². The topological polar surface area (TPSA) is 29.1 Å². The largest absolute Gasteiger partial charge is 0.353 e. The first-order valence-corrected chi connectivity index (χ1v) is 12.4. The second kappa shape index (κ2) is 6.49. The standard InChI is InChI=1S/C27H47NO/c1-23(2,3)19-9-20(24(4,5)6)11-21(10-19)28-22(29)27-14-18-12-25(7,16-27)15-26(8,13-18)17-27/h18-21H,9-17H2,1-8H3,(H,28,29). The summed E-state index contributed by atoms with van der Waals surface area (Å²) < 4.78 is 0. The summed E-state index contributed by atoms with van der Waals surface area (Å²) in [6, 6.07) is 0.360. The van der Waals surface area contributed by atoms with Gasteiger partial charge in [0.05, 0.1) is 5.41 Å². The van der Waals surface area contributed by atoms with Gasteiger partial charge < -0.3 is 5.32 Å². The van der Waals surface area contributed by atoms with Crippen molar-refractivity contribution >= 4 is 5.91 Å². The molecule has 0 saturated heterocycles. The Bertz CT molecular complexity index is 625. The van der Waals surface area contributed by atoms with Crippen LogP contribution in [0.2, 0.25) is 0 Å². The molecule has 5 aliphatic rings. The Kier molecular flexibility index (Phi) is 4.85. The van der Waals surface area contributed by atoms with Crippen molar-refractivity contribution in [3.63, 3.8) is 0 Å². The lowest BCUT2D eigenvalue weighted by atomic mass is 9.40. The maximum Gasteiger partial charge on any atom is 0.226 e. The first-order chi connectivity index (χ1) is 13.1. The molecular weight excluding hydrogens is 354 g/mol. The Labute approximate surface area is 180 Å². The summed E-state index contributed by atoms with van der Waals surface area (Å²) in [5, 5.41) is 3.68. The normalized spacial score (nSPS) is 47.3. The minimum Gasteiger partial charge on any atom is -0.353 e. The predicted octanol–water partition coefficient (Wildman–Crippen LogP) is 6.98. The molecule has 5 rings (SSSR count). The zero-order valence-electron chi connectivity index (χ0n) is 20.6. The molecule has 4 unspecified atom stereocenters. The molecule has 0 heterocycles. The Hall–Kier alpha value is -0.530. The van der Waals surface area contributed by atoms with Crippen LogP contribution >= 0.6 is 0 Å². The average molecular weight is 402 g/mol. The maximum absolute atomic E-state index is 13.9. The van der Waals surface area contributed by atoms with Crippen LogP contribution in [0.3, 0.4) is 0 Å². The van der Waals surface area contributed by atoms with E-state index in [9.17, 15) is 4.79 Å². The molecule has 0 aromatic rings. The molecule has 1 N–H and O–H groups in total. The van der Waals surface area contributed by atoms with Crippen LogP contribution in [-0.4, -0.2) is 11.9 Å². The molecule has 2 nitrogen and oxygen atoms in total. The van der Waals surface area contributed by atoms with Crippen LogP contribution in [0.25, 0.3) is 0 Å². The SMILES string of the molecule is CC12CC3CC(C)(C1)CC(C(=O)NC1CC(C(C)(C)C)CC(C(C)(C)C)C1)(C3)C2. The molecular formula is C27H47NO. The van der Waals surface area contributed by atoms with E-state index in [1.807, 2.05) is 0 Å². The van der Waals surface area contributed by atoms with E-state index in [1.54, 1.807) is 0 Å². The highest BCUT2D eigenvalue weighted by molar-refractivity contribution is 5.83. The molecule has 29 heavy (non-hydrogen) atoms. The van der Waals surface area contributed by atoms with Gasteiger partial charge in [-0.25, -0.2) is 0 Å². The number of carbonyl (C=O) groups is 1. The van der Waals surface area contributed by atoms with Gasteiger partial charge in [-0.15, -0.1) is 0 Å². The van der Waals surface area contributed by atoms with E-state index in [1.165, 1.54) is 25.7 Å². The van der Waals surface area contributed by atoms with E-state index in [2.05, 4.69) is 60.7 Å². The van der Waals surface area contributed by atoms with E-state index in [0.29, 0.717) is 45.4 Å². The molecule has 4 bridgehead atoms. The number of hydrogen-bond acceptors (Lipinski definition) is 1. The third kappa shape index (κ3) is 4.03. The zero-order chi connectivity index (χ0) is 21.5. The smallest absolute Gasteiger partial charge is 0.226 e. The van der Waals surface area contributed by atoms with Crippen molar-refractivity contribution in [2.24, 2.45) is 44.8 Å². The third-order valence-electron chi connectivity index (χ3n) is 9.60. The summed E-state index contributed by atoms with van der Waals surface area (Å²) in [5.41, 5.74) is 1.36. The molecule has 5 saturated carbocycles. The summed E-state index contributed by atoms with van der Waals surface area (Å²) in [6.45, 7) is 19.3. The number of rotatable bonds is 2. The zero-order valence-corrected chi connectivity index (χ0v) is 20.6. The number of hydrogen-bond donors (Lipinski definition) is 1. The number of carbonyl (C=O) groups excluding carboxylic acids is 1. The van der Waals surface area contributed by atoms with Crippen molar-refractivity contribution in [3.8, 4) is 0 Å². The Balaban J connectivity index is 1.53. The monoisotopic (exact) mass is 401 g/mol. The lowest BCUT2D eigenvalue weighted by Gasteiger charge is -2.64. The minimum absolute atomic E-state index is 0.0746. The van der Waals surface area contributed by atoms with Gasteiger partial charge in [0, 0.05) is 6.04 Å². The van der Waals surface area contributed by atoms with Crippen LogP contribution in [0, 0.1) is 44.8 Å². The van der Waals surface area contributed by atoms with Crippen molar-refractivity contribution in [1.29, 1.82) is 0 Å². The molecule has 5 fully saturated rings. The molecule has 2 heteroatoms. The van der Waals surface area contributed by atoms with Crippen molar-refractivity contribution in [2.45, 2.75) is 119 Å². The lowest BCUT2D eigenvalue weighted by molar-refractivity contribution is -0.171. The lowest BCUT2D eigenvalue weighted by Crippen LogP contribution is -2.61. The van der Waals surface area contributed by atoms with Crippen LogP contribution in [0.15, 0.2) is 0 Å². The Morgan fingerprint density at radius 2 is 1.24 bits per heavy atom. The summed E-state index contributed by atoms with van der Waals surface area (Å²) in [5.74, 6) is 2.59. The Morgan fingerprint density at radius 3 is 1.66 bits per heavy atom. The molecule has 0 aliphatic heterocycles. The number of amides is 1. The van der Waals surface area contributed by atoms with E-state index in [0.717, 1.165) is 38.0 Å². The maximum atomic E-state index is 13.9. The van der Waals surface area contributed by atoms with Gasteiger partial charge in [0.2, 0.25) is 5.91 Å². The van der Waals surface area contributed by atoms with Crippen molar-refractivity contribution in [2.75, 3.05) is 0 Å². The van der Waals surface area contributed by atoms with Gasteiger partial charge in [-0.05, 0) is 97.2 Å². The summed E-state index contributed by atoms with van der Waals surface area (Å²) in [7, 11) is 0. The molecule has 0 aromatic heterocycles. The van der Waals surface area contributed by atoms with Gasteiger partial charge in [-0.3, -0.25) is 4.79 Å². The average Bonchev–Trinajstić information content (AvgIpc) is 2.49. The van der Waals surface area contributed by atoms with Crippen molar-refractivity contribution in [3.05, 3.63) is 0 Å². The van der Waals surface area contributed by atoms with Gasteiger partial charge in [0.15, 0.2) is 0 Å². The van der Waals surface area contributed by atoms with Crippen molar-refractivity contribution in [1.82, 2.24) is 5.32 Å². The summed E-state index contributed by atoms with van der Waals surface area (Å²) >= 11 is 0. The van der Waals surface area contributed by atoms with Gasteiger partial charge in [-0.2, -0.15) is 0 Å². The fourth-order valence-electron chi connectivity index (χ4n) is 8.89. The molecule has 0 radical (unpaired) electrons. The van der Waals surface area contributed by atoms with Crippen LogP contribution in [0.5, 0.6) is 0 Å². The van der Waals surface area contributed by atoms with Gasteiger partial charge in [0.1, 0.15) is 0 Å². The van der Waals surface area contributed by atoms with E-state index >= 15 is 0 Å². The summed E-state index contributed by atoms with van der Waals surface area (Å²) in [4.78, 5) is 13.9. The van der Waals surface area contributed by atoms with Crippen LogP contribution in [-0.2, 0) is 4.79 Å². The second-order valence-corrected chi connectivity index (χ2v) is 14.9. The van der Waals surface area contributed by atoms with Crippen LogP contribution in [0.4, 0.5) is 0 Å². The highest BCUT2D eigenvalue weighted by Crippen LogP contribution is 2.69. The molecule has 0 aromatic carbocycles. The van der Waals surface area contributed by atoms with Gasteiger partial charge >= 0.3 is 0 Å². The van der Waals surface area contributed by atoms with Gasteiger partial charge in [0.25, 0.3) is 0 Å². The third-order valence-corrected chi connectivity index (χ3v) is 9.60. The first kappa shape index (κ1) is 21.7. The fourth-order valence-corrected chi connectivity index (χ4v) is 8.89. The fraction of sp³-hybridized carbons (Fsp3) is 0.963.